The number of nitrogens with zero attached hydrogens (tertiary/aromatic N) is 1. The molecule has 0 aromatic carbocycles. The summed E-state index contributed by atoms with van der Waals surface area (Å²) in [5.41, 5.74) is 1.47. The van der Waals surface area contributed by atoms with Crippen molar-refractivity contribution in [2.45, 2.75) is 20.3 Å². The van der Waals surface area contributed by atoms with E-state index in [0.717, 1.165) is 5.69 Å². The summed E-state index contributed by atoms with van der Waals surface area (Å²) in [6.45, 7) is 3.94. The van der Waals surface area contributed by atoms with E-state index in [4.69, 9.17) is 5.11 Å². The monoisotopic (exact) mass is 251 g/mol. The van der Waals surface area contributed by atoms with Crippen LogP contribution in [0.25, 0.3) is 0 Å². The van der Waals surface area contributed by atoms with Gasteiger partial charge in [0.15, 0.2) is 0 Å². The lowest BCUT2D eigenvalue weighted by atomic mass is 10.1. The van der Waals surface area contributed by atoms with Crippen LogP contribution in [0.4, 0.5) is 10.5 Å². The Morgan fingerprint density at radius 2 is 2.17 bits per heavy atom. The number of nitrogens with one attached hydrogen (secondary N) is 2. The summed E-state index contributed by atoms with van der Waals surface area (Å²) in [5.74, 6) is -0.975. The van der Waals surface area contributed by atoms with Gasteiger partial charge in [0.1, 0.15) is 0 Å². The summed E-state index contributed by atoms with van der Waals surface area (Å²) >= 11 is 0. The Bertz CT molecular complexity index is 417. The predicted octanol–water partition coefficient (Wildman–Crippen LogP) is 1.62. The molecule has 6 nitrogen and oxygen atoms in total. The number of carboxylic acids is 1. The zero-order valence-electron chi connectivity index (χ0n) is 10.4. The van der Waals surface area contributed by atoms with Crippen molar-refractivity contribution >= 4 is 17.7 Å². The maximum Gasteiger partial charge on any atom is 0.319 e. The predicted molar refractivity (Wildman–Crippen MR) is 67.4 cm³/mol. The molecule has 0 saturated carbocycles. The quantitative estimate of drug-likeness (QED) is 0.741. The molecule has 0 radical (unpaired) electrons. The van der Waals surface area contributed by atoms with Crippen LogP contribution >= 0.6 is 0 Å². The minimum Gasteiger partial charge on any atom is -0.481 e. The van der Waals surface area contributed by atoms with Gasteiger partial charge in [-0.05, 0) is 25.0 Å². The molecule has 2 amide bonds. The summed E-state index contributed by atoms with van der Waals surface area (Å²) in [4.78, 5) is 26.0. The van der Waals surface area contributed by atoms with Gasteiger partial charge in [0, 0.05) is 18.7 Å². The molecule has 0 aliphatic rings. The molecule has 1 rings (SSSR count). The van der Waals surface area contributed by atoms with E-state index in [1.165, 1.54) is 0 Å². The van der Waals surface area contributed by atoms with Crippen LogP contribution in [0.3, 0.4) is 0 Å². The third-order valence-electron chi connectivity index (χ3n) is 2.30. The molecule has 1 heterocycles. The number of rotatable bonds is 5. The first-order valence-electron chi connectivity index (χ1n) is 5.66. The second-order valence-electron chi connectivity index (χ2n) is 4.23. The molecular weight excluding hydrogens is 234 g/mol. The molecule has 0 aliphatic carbocycles. The van der Waals surface area contributed by atoms with Crippen LogP contribution < -0.4 is 10.6 Å². The van der Waals surface area contributed by atoms with Crippen molar-refractivity contribution < 1.29 is 14.7 Å². The third kappa shape index (κ3) is 5.29. The first-order valence-corrected chi connectivity index (χ1v) is 5.66. The molecule has 3 N–H and O–H groups in total. The van der Waals surface area contributed by atoms with E-state index in [2.05, 4.69) is 15.6 Å². The maximum atomic E-state index is 11.5. The highest BCUT2D eigenvalue weighted by Gasteiger charge is 2.09. The summed E-state index contributed by atoms with van der Waals surface area (Å²) < 4.78 is 0. The lowest BCUT2D eigenvalue weighted by Crippen LogP contribution is -2.33. The highest BCUT2D eigenvalue weighted by atomic mass is 16.4. The molecular formula is C12H17N3O3. The average Bonchev–Trinajstić information content (AvgIpc) is 2.29. The highest BCUT2D eigenvalue weighted by molar-refractivity contribution is 5.88. The summed E-state index contributed by atoms with van der Waals surface area (Å²) in [6.07, 6.45) is 1.60. The first kappa shape index (κ1) is 14.0. The summed E-state index contributed by atoms with van der Waals surface area (Å²) in [5, 5.41) is 13.8. The van der Waals surface area contributed by atoms with Gasteiger partial charge in [-0.25, -0.2) is 4.79 Å². The number of carbonyl (C=O) groups is 2. The second-order valence-corrected chi connectivity index (χ2v) is 4.23. The minimum absolute atomic E-state index is 0.0341. The standard InChI is InChI=1S/C12H17N3O3/c1-8(5-11(16)17)6-14-12(18)15-10-4-3-9(2)13-7-10/h3-4,7-8H,5-6H2,1-2H3,(H,16,17)(H2,14,15,18). The van der Waals surface area contributed by atoms with Gasteiger partial charge in [0.05, 0.1) is 11.9 Å². The number of hydrogen-bond donors (Lipinski definition) is 3. The average molecular weight is 251 g/mol. The fourth-order valence-electron chi connectivity index (χ4n) is 1.35. The Balaban J connectivity index is 2.33. The SMILES string of the molecule is Cc1ccc(NC(=O)NCC(C)CC(=O)O)cn1. The number of pyridine rings is 1. The molecule has 1 atom stereocenters. The first-order chi connectivity index (χ1) is 8.47. The number of carboxylic acid groups (broad SMARTS) is 1. The van der Waals surface area contributed by atoms with Gasteiger partial charge in [-0.15, -0.1) is 0 Å². The van der Waals surface area contributed by atoms with Crippen molar-refractivity contribution in [3.05, 3.63) is 24.0 Å². The van der Waals surface area contributed by atoms with E-state index in [-0.39, 0.29) is 18.4 Å². The van der Waals surface area contributed by atoms with Gasteiger partial charge in [0.2, 0.25) is 0 Å². The molecule has 1 aromatic heterocycles. The van der Waals surface area contributed by atoms with Gasteiger partial charge in [0.25, 0.3) is 0 Å². The Labute approximate surface area is 105 Å². The topological polar surface area (TPSA) is 91.3 Å². The van der Waals surface area contributed by atoms with E-state index in [9.17, 15) is 9.59 Å². The lowest BCUT2D eigenvalue weighted by Gasteiger charge is -2.11. The Kier molecular flexibility index (Phi) is 5.10. The number of carbonyl (C=O) groups excluding carboxylic acids is 1. The summed E-state index contributed by atoms with van der Waals surface area (Å²) in [6, 6.07) is 3.18. The number of hydrogen-bond acceptors (Lipinski definition) is 3. The van der Waals surface area contributed by atoms with Gasteiger partial charge < -0.3 is 15.7 Å². The highest BCUT2D eigenvalue weighted by Crippen LogP contribution is 2.05. The largest absolute Gasteiger partial charge is 0.481 e. The number of urea groups is 1. The van der Waals surface area contributed by atoms with Crippen LogP contribution in [0.1, 0.15) is 19.0 Å². The van der Waals surface area contributed by atoms with Gasteiger partial charge in [-0.3, -0.25) is 9.78 Å². The minimum atomic E-state index is -0.868. The van der Waals surface area contributed by atoms with Crippen LogP contribution in [0, 0.1) is 12.8 Å². The molecule has 1 aromatic rings. The van der Waals surface area contributed by atoms with Gasteiger partial charge in [-0.2, -0.15) is 0 Å². The molecule has 0 aliphatic heterocycles. The van der Waals surface area contributed by atoms with Gasteiger partial charge in [-0.1, -0.05) is 6.92 Å². The zero-order chi connectivity index (χ0) is 13.5. The van der Waals surface area contributed by atoms with E-state index in [0.29, 0.717) is 12.2 Å². The zero-order valence-corrected chi connectivity index (χ0v) is 10.4. The normalized spacial score (nSPS) is 11.7. The van der Waals surface area contributed by atoms with Crippen LogP contribution in [0.5, 0.6) is 0 Å². The Morgan fingerprint density at radius 3 is 2.72 bits per heavy atom. The lowest BCUT2D eigenvalue weighted by molar-refractivity contribution is -0.137. The molecule has 0 saturated heterocycles. The van der Waals surface area contributed by atoms with Crippen molar-refractivity contribution in [2.75, 3.05) is 11.9 Å². The number of aliphatic carboxylic acids is 1. The van der Waals surface area contributed by atoms with Crippen LogP contribution in [-0.4, -0.2) is 28.6 Å². The Hall–Kier alpha value is -2.11. The fraction of sp³-hybridized carbons (Fsp3) is 0.417. The van der Waals surface area contributed by atoms with Crippen molar-refractivity contribution in [3.8, 4) is 0 Å². The van der Waals surface area contributed by atoms with Crippen molar-refractivity contribution in [2.24, 2.45) is 5.92 Å². The fourth-order valence-corrected chi connectivity index (χ4v) is 1.35. The second kappa shape index (κ2) is 6.58. The number of amides is 2. The molecule has 0 spiro atoms. The number of anilines is 1. The third-order valence-corrected chi connectivity index (χ3v) is 2.30. The van der Waals surface area contributed by atoms with Crippen LogP contribution in [-0.2, 0) is 4.79 Å². The van der Waals surface area contributed by atoms with E-state index in [1.807, 2.05) is 6.92 Å². The molecule has 1 unspecified atom stereocenters. The number of aromatic nitrogens is 1. The molecule has 0 bridgehead atoms. The smallest absolute Gasteiger partial charge is 0.319 e. The van der Waals surface area contributed by atoms with Crippen LogP contribution in [0.2, 0.25) is 0 Å². The maximum absolute atomic E-state index is 11.5. The molecule has 18 heavy (non-hydrogen) atoms. The van der Waals surface area contributed by atoms with Gasteiger partial charge >= 0.3 is 12.0 Å². The Morgan fingerprint density at radius 1 is 1.44 bits per heavy atom. The summed E-state index contributed by atoms with van der Waals surface area (Å²) in [7, 11) is 0. The molecule has 0 fully saturated rings. The number of aryl methyl sites for hydroxylation is 1. The van der Waals surface area contributed by atoms with Crippen LogP contribution in [0.15, 0.2) is 18.3 Å². The molecule has 6 heteroatoms. The van der Waals surface area contributed by atoms with Crippen molar-refractivity contribution in [1.29, 1.82) is 0 Å². The van der Waals surface area contributed by atoms with E-state index < -0.39 is 5.97 Å². The van der Waals surface area contributed by atoms with Crippen molar-refractivity contribution in [1.82, 2.24) is 10.3 Å². The van der Waals surface area contributed by atoms with E-state index in [1.54, 1.807) is 25.3 Å². The van der Waals surface area contributed by atoms with E-state index >= 15 is 0 Å². The molecule has 98 valence electrons. The van der Waals surface area contributed by atoms with Crippen molar-refractivity contribution in [3.63, 3.8) is 0 Å².